The zero-order chi connectivity index (χ0) is 15.1. The van der Waals surface area contributed by atoms with E-state index in [0.29, 0.717) is 13.1 Å². The molecule has 2 rings (SSSR count). The van der Waals surface area contributed by atoms with Crippen LogP contribution in [0.25, 0.3) is 0 Å². The predicted molar refractivity (Wildman–Crippen MR) is 103 cm³/mol. The number of aryl methyl sites for hydroxylation is 1. The molecule has 1 aliphatic carbocycles. The average molecular weight is 436 g/mol. The van der Waals surface area contributed by atoms with Crippen molar-refractivity contribution in [1.82, 2.24) is 16.0 Å². The van der Waals surface area contributed by atoms with Crippen LogP contribution in [0.5, 0.6) is 0 Å². The normalized spacial score (nSPS) is 14.2. The van der Waals surface area contributed by atoms with E-state index < -0.39 is 0 Å². The lowest BCUT2D eigenvalue weighted by atomic mass is 10.3. The van der Waals surface area contributed by atoms with Gasteiger partial charge in [-0.05, 0) is 31.4 Å². The zero-order valence-electron chi connectivity index (χ0n) is 13.1. The lowest BCUT2D eigenvalue weighted by Crippen LogP contribution is -2.41. The van der Waals surface area contributed by atoms with Gasteiger partial charge in [0.25, 0.3) is 0 Å². The summed E-state index contributed by atoms with van der Waals surface area (Å²) in [7, 11) is 1.75. The third-order valence-corrected chi connectivity index (χ3v) is 4.61. The van der Waals surface area contributed by atoms with Crippen molar-refractivity contribution in [3.05, 3.63) is 21.9 Å². The summed E-state index contributed by atoms with van der Waals surface area (Å²) in [5.41, 5.74) is 0. The minimum atomic E-state index is 0. The quantitative estimate of drug-likeness (QED) is 0.266. The van der Waals surface area contributed by atoms with Crippen molar-refractivity contribution in [1.29, 1.82) is 0 Å². The fourth-order valence-corrected chi connectivity index (χ4v) is 2.85. The minimum absolute atomic E-state index is 0. The maximum absolute atomic E-state index is 11.5. The summed E-state index contributed by atoms with van der Waals surface area (Å²) in [4.78, 5) is 18.4. The molecule has 3 N–H and O–H groups in total. The van der Waals surface area contributed by atoms with Gasteiger partial charge in [0.05, 0.1) is 6.54 Å². The molecule has 22 heavy (non-hydrogen) atoms. The fraction of sp³-hybridized carbons (Fsp3) is 0.600. The molecule has 0 aliphatic heterocycles. The molecule has 1 amide bonds. The van der Waals surface area contributed by atoms with Crippen molar-refractivity contribution in [2.75, 3.05) is 20.1 Å². The molecule has 0 atom stereocenters. The number of nitrogens with zero attached hydrogens (tertiary/aromatic N) is 1. The molecule has 0 bridgehead atoms. The van der Waals surface area contributed by atoms with Gasteiger partial charge < -0.3 is 16.0 Å². The molecule has 1 saturated carbocycles. The molecule has 1 aromatic heterocycles. The highest BCUT2D eigenvalue weighted by atomic mass is 127. The van der Waals surface area contributed by atoms with Crippen LogP contribution >= 0.6 is 35.3 Å². The highest BCUT2D eigenvalue weighted by Gasteiger charge is 2.28. The molecule has 5 nitrogen and oxygen atoms in total. The molecule has 1 fully saturated rings. The molecule has 1 heterocycles. The van der Waals surface area contributed by atoms with Crippen molar-refractivity contribution >= 4 is 47.2 Å². The SMILES string of the molecule is CCc1ccc(CNC(=NC)NCCNC(=O)C2CC2)s1.I. The minimum Gasteiger partial charge on any atom is -0.355 e. The number of carbonyl (C=O) groups excluding carboxylic acids is 1. The maximum atomic E-state index is 11.5. The summed E-state index contributed by atoms with van der Waals surface area (Å²) >= 11 is 1.83. The Bertz CT molecular complexity index is 499. The molecule has 1 aliphatic rings. The smallest absolute Gasteiger partial charge is 0.223 e. The summed E-state index contributed by atoms with van der Waals surface area (Å²) in [5, 5.41) is 9.41. The van der Waals surface area contributed by atoms with E-state index in [2.05, 4.69) is 40.0 Å². The summed E-state index contributed by atoms with van der Waals surface area (Å²) in [6.07, 6.45) is 3.17. The third kappa shape index (κ3) is 6.51. The molecule has 0 aromatic carbocycles. The van der Waals surface area contributed by atoms with Crippen LogP contribution in [0, 0.1) is 5.92 Å². The number of halogens is 1. The number of nitrogens with one attached hydrogen (secondary N) is 3. The van der Waals surface area contributed by atoms with Gasteiger partial charge in [-0.3, -0.25) is 9.79 Å². The van der Waals surface area contributed by atoms with Crippen molar-refractivity contribution in [3.63, 3.8) is 0 Å². The van der Waals surface area contributed by atoms with Gasteiger partial charge in [-0.2, -0.15) is 0 Å². The lowest BCUT2D eigenvalue weighted by Gasteiger charge is -2.11. The Kier molecular flexibility index (Phi) is 8.77. The molecule has 0 unspecified atom stereocenters. The number of rotatable bonds is 7. The predicted octanol–water partition coefficient (Wildman–Crippen LogP) is 2.12. The summed E-state index contributed by atoms with van der Waals surface area (Å²) in [5.74, 6) is 1.22. The summed E-state index contributed by atoms with van der Waals surface area (Å²) < 4.78 is 0. The standard InChI is InChI=1S/C15H24N4OS.HI/c1-3-12-6-7-13(21-12)10-19-15(16-2)18-9-8-17-14(20)11-4-5-11;/h6-7,11H,3-5,8-10H2,1-2H3,(H,17,20)(H2,16,18,19);1H. The van der Waals surface area contributed by atoms with Gasteiger partial charge in [-0.25, -0.2) is 0 Å². The van der Waals surface area contributed by atoms with E-state index in [1.807, 2.05) is 11.3 Å². The largest absolute Gasteiger partial charge is 0.355 e. The molecular formula is C15H25IN4OS. The first-order chi connectivity index (χ1) is 10.2. The first kappa shape index (κ1) is 19.2. The number of thiophene rings is 1. The second-order valence-corrected chi connectivity index (χ2v) is 6.39. The zero-order valence-corrected chi connectivity index (χ0v) is 16.3. The van der Waals surface area contributed by atoms with Crippen LogP contribution in [-0.4, -0.2) is 32.0 Å². The van der Waals surface area contributed by atoms with E-state index in [1.54, 1.807) is 7.05 Å². The third-order valence-electron chi connectivity index (χ3n) is 3.38. The van der Waals surface area contributed by atoms with E-state index in [1.165, 1.54) is 9.75 Å². The van der Waals surface area contributed by atoms with E-state index in [0.717, 1.165) is 31.8 Å². The first-order valence-corrected chi connectivity index (χ1v) is 8.34. The summed E-state index contributed by atoms with van der Waals surface area (Å²) in [6, 6.07) is 4.32. The lowest BCUT2D eigenvalue weighted by molar-refractivity contribution is -0.122. The maximum Gasteiger partial charge on any atom is 0.223 e. The van der Waals surface area contributed by atoms with Gasteiger partial charge in [0, 0.05) is 35.8 Å². The van der Waals surface area contributed by atoms with Gasteiger partial charge in [0.1, 0.15) is 0 Å². The average Bonchev–Trinajstić information content (AvgIpc) is 3.25. The van der Waals surface area contributed by atoms with Gasteiger partial charge in [-0.1, -0.05) is 6.92 Å². The Morgan fingerprint density at radius 1 is 1.23 bits per heavy atom. The van der Waals surface area contributed by atoms with Crippen molar-refractivity contribution < 1.29 is 4.79 Å². The van der Waals surface area contributed by atoms with Crippen LogP contribution in [0.15, 0.2) is 17.1 Å². The van der Waals surface area contributed by atoms with Gasteiger partial charge >= 0.3 is 0 Å². The molecule has 0 spiro atoms. The van der Waals surface area contributed by atoms with Crippen LogP contribution in [0.3, 0.4) is 0 Å². The molecule has 1 aromatic rings. The van der Waals surface area contributed by atoms with Crippen LogP contribution in [0.2, 0.25) is 0 Å². The second kappa shape index (κ2) is 10.0. The first-order valence-electron chi connectivity index (χ1n) is 7.52. The van der Waals surface area contributed by atoms with Crippen molar-refractivity contribution in [3.8, 4) is 0 Å². The number of hydrogen-bond donors (Lipinski definition) is 3. The monoisotopic (exact) mass is 436 g/mol. The Hall–Kier alpha value is -0.830. The highest BCUT2D eigenvalue weighted by Crippen LogP contribution is 2.28. The van der Waals surface area contributed by atoms with E-state index in [4.69, 9.17) is 0 Å². The van der Waals surface area contributed by atoms with Gasteiger partial charge in [0.2, 0.25) is 5.91 Å². The fourth-order valence-electron chi connectivity index (χ4n) is 1.96. The van der Waals surface area contributed by atoms with E-state index in [9.17, 15) is 4.79 Å². The van der Waals surface area contributed by atoms with Gasteiger partial charge in [-0.15, -0.1) is 35.3 Å². The topological polar surface area (TPSA) is 65.5 Å². The van der Waals surface area contributed by atoms with Crippen LogP contribution in [0.4, 0.5) is 0 Å². The summed E-state index contributed by atoms with van der Waals surface area (Å²) in [6.45, 7) is 4.26. The van der Waals surface area contributed by atoms with Crippen molar-refractivity contribution in [2.45, 2.75) is 32.7 Å². The van der Waals surface area contributed by atoms with E-state index in [-0.39, 0.29) is 35.8 Å². The second-order valence-electron chi connectivity index (χ2n) is 5.14. The van der Waals surface area contributed by atoms with Crippen LogP contribution in [-0.2, 0) is 17.8 Å². The Morgan fingerprint density at radius 3 is 2.50 bits per heavy atom. The molecule has 0 saturated heterocycles. The van der Waals surface area contributed by atoms with E-state index >= 15 is 0 Å². The van der Waals surface area contributed by atoms with Crippen LogP contribution < -0.4 is 16.0 Å². The molecular weight excluding hydrogens is 411 g/mol. The molecule has 0 radical (unpaired) electrons. The van der Waals surface area contributed by atoms with Crippen LogP contribution in [0.1, 0.15) is 29.5 Å². The number of aliphatic imine (C=N–C) groups is 1. The Labute approximate surface area is 153 Å². The highest BCUT2D eigenvalue weighted by molar-refractivity contribution is 14.0. The number of hydrogen-bond acceptors (Lipinski definition) is 3. The number of amides is 1. The van der Waals surface area contributed by atoms with Gasteiger partial charge in [0.15, 0.2) is 5.96 Å². The molecule has 124 valence electrons. The Balaban J connectivity index is 0.00000242. The number of carbonyl (C=O) groups is 1. The Morgan fingerprint density at radius 2 is 1.91 bits per heavy atom. The van der Waals surface area contributed by atoms with Crippen molar-refractivity contribution in [2.24, 2.45) is 10.9 Å². The molecule has 7 heteroatoms. The number of guanidine groups is 1.